The highest BCUT2D eigenvalue weighted by Gasteiger charge is 2.04. The molecule has 0 aromatic heterocycles. The van der Waals surface area contributed by atoms with Gasteiger partial charge in [0.2, 0.25) is 0 Å². The lowest BCUT2D eigenvalue weighted by atomic mass is 10.1. The Morgan fingerprint density at radius 2 is 1.58 bits per heavy atom. The maximum atomic E-state index is 11.9. The molecule has 2 rings (SSSR count). The molecular formula is C18H21N3O3. The first-order valence-corrected chi connectivity index (χ1v) is 7.69. The summed E-state index contributed by atoms with van der Waals surface area (Å²) in [5.74, 6) is -0.169. The normalized spacial score (nSPS) is 10.0. The second kappa shape index (κ2) is 9.32. The van der Waals surface area contributed by atoms with Gasteiger partial charge in [0, 0.05) is 18.7 Å². The maximum absolute atomic E-state index is 11.9. The smallest absolute Gasteiger partial charge is 0.338 e. The van der Waals surface area contributed by atoms with Crippen molar-refractivity contribution in [2.24, 2.45) is 0 Å². The van der Waals surface area contributed by atoms with Crippen LogP contribution in [0.2, 0.25) is 0 Å². The van der Waals surface area contributed by atoms with E-state index in [-0.39, 0.29) is 5.91 Å². The van der Waals surface area contributed by atoms with E-state index in [4.69, 9.17) is 4.84 Å². The van der Waals surface area contributed by atoms with Crippen LogP contribution in [-0.2, 0) is 11.4 Å². The fraction of sp³-hybridized carbons (Fsp3) is 0.222. The Kier molecular flexibility index (Phi) is 6.79. The van der Waals surface area contributed by atoms with E-state index in [0.29, 0.717) is 25.3 Å². The molecule has 0 saturated heterocycles. The van der Waals surface area contributed by atoms with Crippen molar-refractivity contribution in [3.8, 4) is 0 Å². The van der Waals surface area contributed by atoms with Crippen LogP contribution in [0.4, 0.5) is 4.79 Å². The van der Waals surface area contributed by atoms with E-state index in [0.717, 1.165) is 11.1 Å². The van der Waals surface area contributed by atoms with Crippen LogP contribution in [0.15, 0.2) is 54.6 Å². The average molecular weight is 327 g/mol. The highest BCUT2D eigenvalue weighted by atomic mass is 16.7. The van der Waals surface area contributed by atoms with Gasteiger partial charge in [0.15, 0.2) is 0 Å². The van der Waals surface area contributed by atoms with E-state index in [1.165, 1.54) is 0 Å². The summed E-state index contributed by atoms with van der Waals surface area (Å²) in [6.07, 6.45) is 0. The van der Waals surface area contributed by atoms with Gasteiger partial charge in [-0.15, -0.1) is 0 Å². The summed E-state index contributed by atoms with van der Waals surface area (Å²) in [6, 6.07) is 16.4. The zero-order valence-corrected chi connectivity index (χ0v) is 13.5. The molecule has 3 amide bonds. The first kappa shape index (κ1) is 17.5. The van der Waals surface area contributed by atoms with E-state index >= 15 is 0 Å². The van der Waals surface area contributed by atoms with Gasteiger partial charge in [0.1, 0.15) is 0 Å². The molecule has 0 fully saturated rings. The van der Waals surface area contributed by atoms with E-state index in [9.17, 15) is 9.59 Å². The number of hydrogen-bond donors (Lipinski definition) is 3. The van der Waals surface area contributed by atoms with Crippen molar-refractivity contribution < 1.29 is 14.4 Å². The number of urea groups is 1. The molecular weight excluding hydrogens is 306 g/mol. The van der Waals surface area contributed by atoms with Crippen molar-refractivity contribution in [1.29, 1.82) is 0 Å². The first-order valence-electron chi connectivity index (χ1n) is 7.69. The van der Waals surface area contributed by atoms with E-state index < -0.39 is 6.03 Å². The number of aryl methyl sites for hydroxylation is 1. The zero-order valence-electron chi connectivity index (χ0n) is 13.5. The summed E-state index contributed by atoms with van der Waals surface area (Å²) in [5.41, 5.74) is 4.95. The van der Waals surface area contributed by atoms with Crippen molar-refractivity contribution in [3.63, 3.8) is 0 Å². The number of carbonyl (C=O) groups is 2. The second-order valence-electron chi connectivity index (χ2n) is 5.25. The van der Waals surface area contributed by atoms with Crippen molar-refractivity contribution in [2.45, 2.75) is 13.5 Å². The number of rotatable bonds is 7. The molecule has 0 bridgehead atoms. The van der Waals surface area contributed by atoms with Crippen LogP contribution >= 0.6 is 0 Å². The van der Waals surface area contributed by atoms with Gasteiger partial charge >= 0.3 is 6.03 Å². The van der Waals surface area contributed by atoms with Crippen LogP contribution in [0.5, 0.6) is 0 Å². The maximum Gasteiger partial charge on any atom is 0.338 e. The zero-order chi connectivity index (χ0) is 17.2. The van der Waals surface area contributed by atoms with Crippen molar-refractivity contribution in [1.82, 2.24) is 16.1 Å². The summed E-state index contributed by atoms with van der Waals surface area (Å²) in [4.78, 5) is 28.5. The Bertz CT molecular complexity index is 657. The molecule has 0 aliphatic heterocycles. The fourth-order valence-corrected chi connectivity index (χ4v) is 1.95. The SMILES string of the molecule is Cc1ccc(C(=O)NCCNC(=O)NOCc2ccccc2)cc1. The van der Waals surface area contributed by atoms with Crippen LogP contribution < -0.4 is 16.1 Å². The third-order valence-electron chi connectivity index (χ3n) is 3.26. The van der Waals surface area contributed by atoms with Crippen molar-refractivity contribution >= 4 is 11.9 Å². The highest BCUT2D eigenvalue weighted by molar-refractivity contribution is 5.94. The molecule has 0 aliphatic rings. The van der Waals surface area contributed by atoms with Crippen LogP contribution in [0, 0.1) is 6.92 Å². The highest BCUT2D eigenvalue weighted by Crippen LogP contribution is 2.02. The molecule has 0 spiro atoms. The van der Waals surface area contributed by atoms with Gasteiger partial charge in [-0.05, 0) is 24.6 Å². The van der Waals surface area contributed by atoms with Gasteiger partial charge in [-0.3, -0.25) is 9.63 Å². The fourth-order valence-electron chi connectivity index (χ4n) is 1.95. The lowest BCUT2D eigenvalue weighted by molar-refractivity contribution is 0.0491. The summed E-state index contributed by atoms with van der Waals surface area (Å²) < 4.78 is 0. The lowest BCUT2D eigenvalue weighted by Gasteiger charge is -2.09. The largest absolute Gasteiger partial charge is 0.350 e. The van der Waals surface area contributed by atoms with E-state index in [1.54, 1.807) is 12.1 Å². The molecule has 0 radical (unpaired) electrons. The number of amides is 3. The Labute approximate surface area is 141 Å². The number of carbonyl (C=O) groups excluding carboxylic acids is 2. The van der Waals surface area contributed by atoms with E-state index in [1.807, 2.05) is 49.4 Å². The molecule has 0 aliphatic carbocycles. The average Bonchev–Trinajstić information content (AvgIpc) is 2.60. The minimum absolute atomic E-state index is 0.169. The number of hydroxylamine groups is 1. The molecule has 2 aromatic rings. The van der Waals surface area contributed by atoms with Gasteiger partial charge in [0.05, 0.1) is 6.61 Å². The van der Waals surface area contributed by atoms with Gasteiger partial charge < -0.3 is 10.6 Å². The lowest BCUT2D eigenvalue weighted by Crippen LogP contribution is -2.40. The molecule has 24 heavy (non-hydrogen) atoms. The summed E-state index contributed by atoms with van der Waals surface area (Å²) in [6.45, 7) is 2.89. The van der Waals surface area contributed by atoms with Crippen LogP contribution in [-0.4, -0.2) is 25.0 Å². The third kappa shape index (κ3) is 6.10. The first-order chi connectivity index (χ1) is 11.6. The predicted molar refractivity (Wildman–Crippen MR) is 91.3 cm³/mol. The topological polar surface area (TPSA) is 79.5 Å². The Hall–Kier alpha value is -2.86. The molecule has 3 N–H and O–H groups in total. The second-order valence-corrected chi connectivity index (χ2v) is 5.25. The number of hydrogen-bond acceptors (Lipinski definition) is 3. The number of nitrogens with one attached hydrogen (secondary N) is 3. The minimum atomic E-state index is -0.449. The van der Waals surface area contributed by atoms with Crippen LogP contribution in [0.25, 0.3) is 0 Å². The summed E-state index contributed by atoms with van der Waals surface area (Å²) >= 11 is 0. The monoisotopic (exact) mass is 327 g/mol. The van der Waals surface area contributed by atoms with Gasteiger partial charge in [0.25, 0.3) is 5.91 Å². The van der Waals surface area contributed by atoms with Crippen molar-refractivity contribution in [2.75, 3.05) is 13.1 Å². The van der Waals surface area contributed by atoms with Crippen molar-refractivity contribution in [3.05, 3.63) is 71.3 Å². The molecule has 6 heteroatoms. The van der Waals surface area contributed by atoms with Gasteiger partial charge in [-0.25, -0.2) is 10.3 Å². The van der Waals surface area contributed by atoms with Crippen LogP contribution in [0.3, 0.4) is 0 Å². The Balaban J connectivity index is 1.57. The Morgan fingerprint density at radius 1 is 0.917 bits per heavy atom. The third-order valence-corrected chi connectivity index (χ3v) is 3.26. The quantitative estimate of drug-likeness (QED) is 0.538. The molecule has 6 nitrogen and oxygen atoms in total. The van der Waals surface area contributed by atoms with Gasteiger partial charge in [-0.2, -0.15) is 0 Å². The van der Waals surface area contributed by atoms with E-state index in [2.05, 4.69) is 16.1 Å². The molecule has 0 atom stereocenters. The standard InChI is InChI=1S/C18H21N3O3/c1-14-7-9-16(10-8-14)17(22)19-11-12-20-18(23)21-24-13-15-5-3-2-4-6-15/h2-10H,11-13H2,1H3,(H,19,22)(H2,20,21,23). The Morgan fingerprint density at radius 3 is 2.29 bits per heavy atom. The number of benzene rings is 2. The molecule has 2 aromatic carbocycles. The molecule has 0 saturated carbocycles. The predicted octanol–water partition coefficient (Wildman–Crippen LogP) is 2.16. The molecule has 126 valence electrons. The summed E-state index contributed by atoms with van der Waals surface area (Å²) in [7, 11) is 0. The van der Waals surface area contributed by atoms with Gasteiger partial charge in [-0.1, -0.05) is 48.0 Å². The minimum Gasteiger partial charge on any atom is -0.350 e. The summed E-state index contributed by atoms with van der Waals surface area (Å²) in [5, 5.41) is 5.33. The van der Waals surface area contributed by atoms with Crippen LogP contribution in [0.1, 0.15) is 21.5 Å². The molecule has 0 heterocycles. The molecule has 0 unspecified atom stereocenters.